The zero-order chi connectivity index (χ0) is 34.2. The SMILES string of the molecule is Cc1ccn2nc([C@H](C)Nc3ncnc4c3c(-c3cc(O)cc(NC(N)=O)c3)cn4COCC[Si](C)(C)C)n(-c3ccccc3)c(=O)c12. The Hall–Kier alpha value is -5.47. The second-order valence-electron chi connectivity index (χ2n) is 13.0. The predicted molar refractivity (Wildman–Crippen MR) is 190 cm³/mol. The average molecular weight is 666 g/mol. The van der Waals surface area contributed by atoms with E-state index in [2.05, 4.69) is 40.2 Å². The van der Waals surface area contributed by atoms with Gasteiger partial charge in [-0.1, -0.05) is 37.8 Å². The molecular formula is C34H39N9O4Si. The molecule has 0 saturated carbocycles. The molecule has 0 fully saturated rings. The fraction of sp³-hybridized carbons (Fsp3) is 0.265. The van der Waals surface area contributed by atoms with Gasteiger partial charge in [0.2, 0.25) is 0 Å². The number of carbonyl (C=O) groups is 1. The van der Waals surface area contributed by atoms with Crippen LogP contribution in [0.15, 0.2) is 78.1 Å². The lowest BCUT2D eigenvalue weighted by Crippen LogP contribution is -2.29. The molecule has 0 aliphatic carbocycles. The molecule has 0 aliphatic heterocycles. The average Bonchev–Trinajstić information content (AvgIpc) is 3.59. The first-order chi connectivity index (χ1) is 22.9. The van der Waals surface area contributed by atoms with Crippen molar-refractivity contribution in [3.05, 3.63) is 95.1 Å². The predicted octanol–water partition coefficient (Wildman–Crippen LogP) is 5.89. The first kappa shape index (κ1) is 32.5. The highest BCUT2D eigenvalue weighted by Gasteiger charge is 2.23. The number of para-hydroxylation sites is 1. The number of ether oxygens (including phenoxy) is 1. The number of nitrogens with zero attached hydrogens (tertiary/aromatic N) is 6. The number of nitrogens with two attached hydrogens (primary N) is 1. The largest absolute Gasteiger partial charge is 0.508 e. The first-order valence-corrected chi connectivity index (χ1v) is 19.4. The number of primary amides is 1. The van der Waals surface area contributed by atoms with Crippen molar-refractivity contribution in [2.75, 3.05) is 17.2 Å². The Morgan fingerprint density at radius 1 is 1.10 bits per heavy atom. The standard InChI is InChI=1S/C34H39N9O4Si/c1-21-11-12-42-29(21)33(45)43(25-9-7-6-8-10-25)31(40-42)22(2)38-30-28-27(23-15-24(39-34(35)46)17-26(44)16-23)18-41(32(28)37-19-36-30)20-47-13-14-48(3,4)5/h6-12,15-19,22,44H,13-14,20H2,1-5H3,(H3,35,39,46)(H,36,37,38)/t22-/m0/s1. The van der Waals surface area contributed by atoms with Gasteiger partial charge < -0.3 is 30.8 Å². The van der Waals surface area contributed by atoms with Gasteiger partial charge in [-0.2, -0.15) is 5.10 Å². The molecule has 2 aromatic carbocycles. The van der Waals surface area contributed by atoms with E-state index >= 15 is 0 Å². The zero-order valence-electron chi connectivity index (χ0n) is 27.6. The van der Waals surface area contributed by atoms with Crippen LogP contribution in [0, 0.1) is 6.92 Å². The maximum atomic E-state index is 13.9. The van der Waals surface area contributed by atoms with Crippen LogP contribution in [0.5, 0.6) is 5.75 Å². The van der Waals surface area contributed by atoms with E-state index in [-0.39, 0.29) is 18.0 Å². The van der Waals surface area contributed by atoms with Crippen molar-refractivity contribution in [1.29, 1.82) is 0 Å². The number of anilines is 2. The molecule has 14 heteroatoms. The molecule has 4 aromatic heterocycles. The number of phenols is 1. The summed E-state index contributed by atoms with van der Waals surface area (Å²) in [6.07, 6.45) is 5.14. The fourth-order valence-corrected chi connectivity index (χ4v) is 6.44. The molecule has 6 aromatic rings. The molecule has 0 bridgehead atoms. The van der Waals surface area contributed by atoms with E-state index in [0.717, 1.165) is 11.6 Å². The highest BCUT2D eigenvalue weighted by Crippen LogP contribution is 2.38. The van der Waals surface area contributed by atoms with Crippen LogP contribution in [0.3, 0.4) is 0 Å². The molecule has 4 heterocycles. The maximum absolute atomic E-state index is 13.9. The van der Waals surface area contributed by atoms with Crippen molar-refractivity contribution in [2.24, 2.45) is 5.73 Å². The number of aromatic nitrogens is 6. The van der Waals surface area contributed by atoms with Gasteiger partial charge in [0.1, 0.15) is 35.8 Å². The van der Waals surface area contributed by atoms with Crippen LogP contribution in [0.4, 0.5) is 16.3 Å². The van der Waals surface area contributed by atoms with Crippen LogP contribution in [-0.4, -0.2) is 54.5 Å². The molecule has 6 rings (SSSR count). The van der Waals surface area contributed by atoms with E-state index in [1.54, 1.807) is 27.4 Å². The number of benzene rings is 2. The van der Waals surface area contributed by atoms with Crippen molar-refractivity contribution in [3.8, 4) is 22.6 Å². The number of fused-ring (bicyclic) bond motifs is 2. The Kier molecular flexibility index (Phi) is 8.77. The number of nitrogens with one attached hydrogen (secondary N) is 2. The highest BCUT2D eigenvalue weighted by atomic mass is 28.3. The van der Waals surface area contributed by atoms with Gasteiger partial charge in [0.05, 0.1) is 17.1 Å². The molecule has 1 atom stereocenters. The van der Waals surface area contributed by atoms with E-state index < -0.39 is 20.1 Å². The van der Waals surface area contributed by atoms with Gasteiger partial charge in [-0.05, 0) is 61.4 Å². The van der Waals surface area contributed by atoms with Gasteiger partial charge in [-0.3, -0.25) is 9.36 Å². The van der Waals surface area contributed by atoms with Crippen molar-refractivity contribution in [1.82, 2.24) is 28.7 Å². The topological polar surface area (TPSA) is 167 Å². The second kappa shape index (κ2) is 13.0. The maximum Gasteiger partial charge on any atom is 0.316 e. The summed E-state index contributed by atoms with van der Waals surface area (Å²) < 4.78 is 11.2. The third-order valence-corrected chi connectivity index (χ3v) is 9.75. The smallest absolute Gasteiger partial charge is 0.316 e. The number of rotatable bonds is 11. The molecule has 0 saturated heterocycles. The normalized spacial score (nSPS) is 12.4. The number of hydrogen-bond donors (Lipinski definition) is 4. The molecule has 0 unspecified atom stereocenters. The van der Waals surface area contributed by atoms with E-state index in [4.69, 9.17) is 15.6 Å². The summed E-state index contributed by atoms with van der Waals surface area (Å²) in [6, 6.07) is 15.7. The fourth-order valence-electron chi connectivity index (χ4n) is 5.68. The van der Waals surface area contributed by atoms with Crippen LogP contribution in [-0.2, 0) is 11.5 Å². The quantitative estimate of drug-likeness (QED) is 0.0982. The molecule has 248 valence electrons. The van der Waals surface area contributed by atoms with E-state index in [9.17, 15) is 14.7 Å². The molecule has 48 heavy (non-hydrogen) atoms. The first-order valence-electron chi connectivity index (χ1n) is 15.6. The summed E-state index contributed by atoms with van der Waals surface area (Å²) in [6.45, 7) is 11.6. The summed E-state index contributed by atoms with van der Waals surface area (Å²) in [5.74, 6) is 0.894. The lowest BCUT2D eigenvalue weighted by molar-refractivity contribution is 0.0899. The molecule has 2 amide bonds. The Balaban J connectivity index is 1.47. The summed E-state index contributed by atoms with van der Waals surface area (Å²) in [7, 11) is -1.31. The molecule has 5 N–H and O–H groups in total. The number of phenolic OH excluding ortho intramolecular Hbond substituents is 1. The van der Waals surface area contributed by atoms with Gasteiger partial charge in [0.15, 0.2) is 5.82 Å². The van der Waals surface area contributed by atoms with Crippen LogP contribution in [0.2, 0.25) is 25.7 Å². The van der Waals surface area contributed by atoms with Gasteiger partial charge in [0, 0.05) is 44.4 Å². The molecule has 0 aliphatic rings. The molecule has 0 spiro atoms. The summed E-state index contributed by atoms with van der Waals surface area (Å²) in [4.78, 5) is 34.9. The Labute approximate surface area is 278 Å². The third kappa shape index (κ3) is 6.66. The van der Waals surface area contributed by atoms with Gasteiger partial charge in [-0.25, -0.2) is 19.3 Å². The highest BCUT2D eigenvalue weighted by molar-refractivity contribution is 6.76. The Morgan fingerprint density at radius 3 is 2.60 bits per heavy atom. The minimum Gasteiger partial charge on any atom is -0.508 e. The molecule has 13 nitrogen and oxygen atoms in total. The van der Waals surface area contributed by atoms with Crippen molar-refractivity contribution in [2.45, 2.75) is 52.3 Å². The van der Waals surface area contributed by atoms with Crippen molar-refractivity contribution in [3.63, 3.8) is 0 Å². The number of urea groups is 1. The monoisotopic (exact) mass is 665 g/mol. The summed E-state index contributed by atoms with van der Waals surface area (Å²) in [5.41, 5.74) is 9.41. The van der Waals surface area contributed by atoms with Gasteiger partial charge in [-0.15, -0.1) is 0 Å². The Bertz CT molecular complexity index is 2190. The van der Waals surface area contributed by atoms with Gasteiger partial charge >= 0.3 is 6.03 Å². The zero-order valence-corrected chi connectivity index (χ0v) is 28.6. The van der Waals surface area contributed by atoms with Crippen LogP contribution < -0.4 is 21.9 Å². The van der Waals surface area contributed by atoms with Crippen LogP contribution in [0.25, 0.3) is 33.4 Å². The number of hydrogen-bond acceptors (Lipinski definition) is 8. The van der Waals surface area contributed by atoms with E-state index in [1.807, 2.05) is 61.0 Å². The molecular weight excluding hydrogens is 627 g/mol. The lowest BCUT2D eigenvalue weighted by atomic mass is 10.0. The second-order valence-corrected chi connectivity index (χ2v) is 18.7. The number of amides is 2. The number of carbonyl (C=O) groups excluding carboxylic acids is 1. The van der Waals surface area contributed by atoms with E-state index in [0.29, 0.717) is 57.3 Å². The third-order valence-electron chi connectivity index (χ3n) is 8.04. The molecule has 0 radical (unpaired) electrons. The summed E-state index contributed by atoms with van der Waals surface area (Å²) >= 11 is 0. The van der Waals surface area contributed by atoms with Crippen LogP contribution >= 0.6 is 0 Å². The minimum absolute atomic E-state index is 0.0605. The van der Waals surface area contributed by atoms with E-state index in [1.165, 1.54) is 12.4 Å². The van der Waals surface area contributed by atoms with Crippen molar-refractivity contribution >= 4 is 42.2 Å². The lowest BCUT2D eigenvalue weighted by Gasteiger charge is -2.20. The summed E-state index contributed by atoms with van der Waals surface area (Å²) in [5, 5.41) is 22.2. The number of aromatic hydroxyl groups is 1. The number of aryl methyl sites for hydroxylation is 1. The van der Waals surface area contributed by atoms with Crippen LogP contribution in [0.1, 0.15) is 24.4 Å². The minimum atomic E-state index is -1.31. The van der Waals surface area contributed by atoms with Crippen molar-refractivity contribution < 1.29 is 14.6 Å². The van der Waals surface area contributed by atoms with Gasteiger partial charge in [0.25, 0.3) is 5.56 Å². The Morgan fingerprint density at radius 2 is 1.88 bits per heavy atom.